The van der Waals surface area contributed by atoms with Gasteiger partial charge in [0, 0.05) is 24.0 Å². The molecule has 2 unspecified atom stereocenters. The van der Waals surface area contributed by atoms with Crippen LogP contribution in [0, 0.1) is 5.41 Å². The number of sulfone groups is 1. The quantitative estimate of drug-likeness (QED) is 0.894. The fourth-order valence-electron chi connectivity index (χ4n) is 3.37. The van der Waals surface area contributed by atoms with Crippen LogP contribution in [0.5, 0.6) is 0 Å². The smallest absolute Gasteiger partial charge is 0.185 e. The fraction of sp³-hybridized carbons (Fsp3) is 0.786. The summed E-state index contributed by atoms with van der Waals surface area (Å²) in [4.78, 5) is 7.97. The third-order valence-corrected chi connectivity index (χ3v) is 7.60. The first kappa shape index (κ1) is 15.2. The number of nitrogens with two attached hydrogens (primary N) is 1. The second-order valence-electron chi connectivity index (χ2n) is 7.13. The minimum absolute atomic E-state index is 0.0480. The molecule has 21 heavy (non-hydrogen) atoms. The molecular weight excluding hydrogens is 306 g/mol. The molecular formula is C14H23N3O2S2. The summed E-state index contributed by atoms with van der Waals surface area (Å²) in [5.41, 5.74) is 7.58. The van der Waals surface area contributed by atoms with Crippen LogP contribution >= 0.6 is 11.3 Å². The van der Waals surface area contributed by atoms with E-state index in [1.54, 1.807) is 11.3 Å². The molecule has 2 heterocycles. The van der Waals surface area contributed by atoms with Gasteiger partial charge in [0.15, 0.2) is 15.0 Å². The summed E-state index contributed by atoms with van der Waals surface area (Å²) < 4.78 is 23.3. The summed E-state index contributed by atoms with van der Waals surface area (Å²) in [6, 6.07) is 0.0996. The first-order valence-corrected chi connectivity index (χ1v) is 9.99. The lowest BCUT2D eigenvalue weighted by atomic mass is 9.77. The number of nitrogens with zero attached hydrogens (tertiary/aromatic N) is 2. The zero-order valence-corrected chi connectivity index (χ0v) is 14.4. The van der Waals surface area contributed by atoms with Gasteiger partial charge in [0.25, 0.3) is 0 Å². The minimum Gasteiger partial charge on any atom is -0.347 e. The summed E-state index contributed by atoms with van der Waals surface area (Å²) in [5, 5.41) is 0.912. The van der Waals surface area contributed by atoms with Gasteiger partial charge in [-0.2, -0.15) is 0 Å². The van der Waals surface area contributed by atoms with Crippen molar-refractivity contribution < 1.29 is 8.42 Å². The number of aromatic nitrogens is 1. The van der Waals surface area contributed by atoms with Gasteiger partial charge in [-0.1, -0.05) is 25.2 Å². The maximum absolute atomic E-state index is 11.6. The molecule has 2 N–H and O–H groups in total. The largest absolute Gasteiger partial charge is 0.347 e. The average Bonchev–Trinajstić information content (AvgIpc) is 2.90. The Bertz CT molecular complexity index is 651. The SMILES string of the molecule is CN(c1nc2c(s1)C(N)CC(C)(C)C2)C1CCS(=O)(=O)C1. The molecule has 1 aromatic heterocycles. The molecule has 1 aliphatic heterocycles. The van der Waals surface area contributed by atoms with Gasteiger partial charge in [0.2, 0.25) is 0 Å². The Morgan fingerprint density at radius 3 is 2.76 bits per heavy atom. The van der Waals surface area contributed by atoms with Crippen LogP contribution in [-0.2, 0) is 16.3 Å². The Balaban J connectivity index is 1.85. The van der Waals surface area contributed by atoms with E-state index in [1.165, 1.54) is 4.88 Å². The van der Waals surface area contributed by atoms with Crippen LogP contribution in [0.2, 0.25) is 0 Å². The summed E-state index contributed by atoms with van der Waals surface area (Å²) >= 11 is 1.63. The standard InChI is InChI=1S/C14H23N3O2S2/c1-14(2)6-10(15)12-11(7-14)16-13(20-12)17(3)9-4-5-21(18,19)8-9/h9-10H,4-8,15H2,1-3H3. The number of anilines is 1. The highest BCUT2D eigenvalue weighted by atomic mass is 32.2. The van der Waals surface area contributed by atoms with Crippen LogP contribution in [0.4, 0.5) is 5.13 Å². The highest BCUT2D eigenvalue weighted by molar-refractivity contribution is 7.91. The van der Waals surface area contributed by atoms with Crippen molar-refractivity contribution in [1.29, 1.82) is 0 Å². The van der Waals surface area contributed by atoms with Crippen LogP contribution in [0.3, 0.4) is 0 Å². The molecule has 1 aromatic rings. The first-order chi connectivity index (χ1) is 9.67. The predicted molar refractivity (Wildman–Crippen MR) is 86.6 cm³/mol. The molecule has 0 amide bonds. The Morgan fingerprint density at radius 1 is 1.43 bits per heavy atom. The van der Waals surface area contributed by atoms with Crippen LogP contribution < -0.4 is 10.6 Å². The van der Waals surface area contributed by atoms with Crippen molar-refractivity contribution in [3.63, 3.8) is 0 Å². The summed E-state index contributed by atoms with van der Waals surface area (Å²) in [7, 11) is -0.919. The van der Waals surface area contributed by atoms with Crippen molar-refractivity contribution >= 4 is 26.3 Å². The summed E-state index contributed by atoms with van der Waals surface area (Å²) in [6.45, 7) is 4.45. The highest BCUT2D eigenvalue weighted by Gasteiger charge is 2.36. The fourth-order valence-corrected chi connectivity index (χ4v) is 6.26. The van der Waals surface area contributed by atoms with Crippen molar-refractivity contribution in [2.75, 3.05) is 23.5 Å². The average molecular weight is 329 g/mol. The zero-order valence-electron chi connectivity index (χ0n) is 12.8. The zero-order chi connectivity index (χ0) is 15.4. The lowest BCUT2D eigenvalue weighted by Crippen LogP contribution is -2.32. The van der Waals surface area contributed by atoms with E-state index >= 15 is 0 Å². The van der Waals surface area contributed by atoms with E-state index in [9.17, 15) is 8.42 Å². The second-order valence-corrected chi connectivity index (χ2v) is 10.4. The second kappa shape index (κ2) is 4.93. The lowest BCUT2D eigenvalue weighted by molar-refractivity contribution is 0.282. The molecule has 0 radical (unpaired) electrons. The monoisotopic (exact) mass is 329 g/mol. The van der Waals surface area contributed by atoms with E-state index in [1.807, 2.05) is 11.9 Å². The van der Waals surface area contributed by atoms with Gasteiger partial charge < -0.3 is 10.6 Å². The molecule has 1 aliphatic carbocycles. The Kier molecular flexibility index (Phi) is 3.58. The minimum atomic E-state index is -2.87. The molecule has 7 heteroatoms. The van der Waals surface area contributed by atoms with Crippen molar-refractivity contribution in [2.45, 2.75) is 45.2 Å². The number of thiazole rings is 1. The molecule has 2 atom stereocenters. The van der Waals surface area contributed by atoms with E-state index in [4.69, 9.17) is 10.7 Å². The van der Waals surface area contributed by atoms with E-state index < -0.39 is 9.84 Å². The molecule has 0 spiro atoms. The molecule has 0 aromatic carbocycles. The molecule has 118 valence electrons. The van der Waals surface area contributed by atoms with E-state index in [2.05, 4.69) is 13.8 Å². The number of rotatable bonds is 2. The van der Waals surface area contributed by atoms with Gasteiger partial charge in [-0.25, -0.2) is 13.4 Å². The number of hydrogen-bond donors (Lipinski definition) is 1. The molecule has 3 rings (SSSR count). The van der Waals surface area contributed by atoms with Crippen molar-refractivity contribution in [3.05, 3.63) is 10.6 Å². The first-order valence-electron chi connectivity index (χ1n) is 7.35. The van der Waals surface area contributed by atoms with Gasteiger partial charge in [-0.15, -0.1) is 0 Å². The van der Waals surface area contributed by atoms with Gasteiger partial charge in [0.1, 0.15) is 0 Å². The van der Waals surface area contributed by atoms with Crippen LogP contribution in [0.1, 0.15) is 43.3 Å². The van der Waals surface area contributed by atoms with Crippen molar-refractivity contribution in [3.8, 4) is 0 Å². The van der Waals surface area contributed by atoms with E-state index in [-0.39, 0.29) is 23.3 Å². The van der Waals surface area contributed by atoms with Crippen molar-refractivity contribution in [2.24, 2.45) is 11.1 Å². The normalized spacial score (nSPS) is 30.1. The summed E-state index contributed by atoms with van der Waals surface area (Å²) in [6.07, 6.45) is 2.62. The summed E-state index contributed by atoms with van der Waals surface area (Å²) in [5.74, 6) is 0.533. The molecule has 0 saturated carbocycles. The molecule has 1 saturated heterocycles. The predicted octanol–water partition coefficient (Wildman–Crippen LogP) is 1.74. The van der Waals surface area contributed by atoms with E-state index in [0.717, 1.165) is 23.7 Å². The Hall–Kier alpha value is -0.660. The lowest BCUT2D eigenvalue weighted by Gasteiger charge is -2.32. The molecule has 1 fully saturated rings. The van der Waals surface area contributed by atoms with Crippen molar-refractivity contribution in [1.82, 2.24) is 4.98 Å². The maximum Gasteiger partial charge on any atom is 0.185 e. The van der Waals surface area contributed by atoms with Gasteiger partial charge in [-0.05, 0) is 24.7 Å². The Morgan fingerprint density at radius 2 is 2.14 bits per heavy atom. The van der Waals surface area contributed by atoms with Gasteiger partial charge in [0.05, 0.1) is 17.2 Å². The number of hydrogen-bond acceptors (Lipinski definition) is 6. The third kappa shape index (κ3) is 2.96. The van der Waals surface area contributed by atoms with Gasteiger partial charge >= 0.3 is 0 Å². The van der Waals surface area contributed by atoms with Crippen LogP contribution in [0.25, 0.3) is 0 Å². The van der Waals surface area contributed by atoms with E-state index in [0.29, 0.717) is 12.2 Å². The molecule has 5 nitrogen and oxygen atoms in total. The Labute approximate surface area is 130 Å². The molecule has 0 bridgehead atoms. The topological polar surface area (TPSA) is 76.3 Å². The third-order valence-electron chi connectivity index (χ3n) is 4.53. The highest BCUT2D eigenvalue weighted by Crippen LogP contribution is 2.44. The number of fused-ring (bicyclic) bond motifs is 1. The maximum atomic E-state index is 11.6. The molecule has 2 aliphatic rings. The van der Waals surface area contributed by atoms with Crippen LogP contribution in [0.15, 0.2) is 0 Å². The van der Waals surface area contributed by atoms with Gasteiger partial charge in [-0.3, -0.25) is 0 Å². The van der Waals surface area contributed by atoms with Crippen LogP contribution in [-0.4, -0.2) is 38.0 Å².